The Balaban J connectivity index is 2.52. The Labute approximate surface area is 95.2 Å². The third-order valence-corrected chi connectivity index (χ3v) is 2.88. The van der Waals surface area contributed by atoms with Crippen molar-refractivity contribution in [2.45, 2.75) is 12.3 Å². The van der Waals surface area contributed by atoms with Gasteiger partial charge in [0.25, 0.3) is 0 Å². The summed E-state index contributed by atoms with van der Waals surface area (Å²) in [7, 11) is 0. The van der Waals surface area contributed by atoms with Crippen LogP contribution in [0.15, 0.2) is 24.3 Å². The molecular formula is C11H7ClF2O2. The molecule has 2 nitrogen and oxygen atoms in total. The number of benzene rings is 1. The van der Waals surface area contributed by atoms with Gasteiger partial charge in [0.2, 0.25) is 0 Å². The van der Waals surface area contributed by atoms with E-state index in [0.29, 0.717) is 10.6 Å². The molecule has 0 saturated heterocycles. The molecule has 0 amide bonds. The fraction of sp³-hybridized carbons (Fsp3) is 0.182. The zero-order valence-corrected chi connectivity index (χ0v) is 8.76. The number of alkyl halides is 2. The summed E-state index contributed by atoms with van der Waals surface area (Å²) < 4.78 is 26.7. The fourth-order valence-corrected chi connectivity index (χ4v) is 2.00. The average Bonchev–Trinajstić information content (AvgIpc) is 2.63. The van der Waals surface area contributed by atoms with Gasteiger partial charge in [0.05, 0.1) is 0 Å². The van der Waals surface area contributed by atoms with Crippen LogP contribution in [-0.2, 0) is 11.2 Å². The second-order valence-electron chi connectivity index (χ2n) is 3.47. The van der Waals surface area contributed by atoms with Gasteiger partial charge in [0, 0.05) is 10.6 Å². The molecule has 84 valence electrons. The van der Waals surface area contributed by atoms with Crippen molar-refractivity contribution >= 4 is 23.1 Å². The van der Waals surface area contributed by atoms with Gasteiger partial charge in [-0.3, -0.25) is 0 Å². The highest BCUT2D eigenvalue weighted by Crippen LogP contribution is 2.41. The number of halogens is 3. The van der Waals surface area contributed by atoms with Crippen molar-refractivity contribution in [1.82, 2.24) is 0 Å². The maximum Gasteiger partial charge on any atom is 0.379 e. The molecule has 1 aliphatic carbocycles. The van der Waals surface area contributed by atoms with Crippen LogP contribution >= 0.6 is 11.6 Å². The number of allylic oxidation sites excluding steroid dienone is 1. The van der Waals surface area contributed by atoms with Crippen LogP contribution in [0.4, 0.5) is 8.78 Å². The van der Waals surface area contributed by atoms with Crippen LogP contribution in [0.2, 0.25) is 5.02 Å². The molecule has 0 aromatic heterocycles. The highest BCUT2D eigenvalue weighted by Gasteiger charge is 2.45. The lowest BCUT2D eigenvalue weighted by Crippen LogP contribution is -2.29. The van der Waals surface area contributed by atoms with Crippen LogP contribution in [-0.4, -0.2) is 17.0 Å². The smallest absolute Gasteiger partial charge is 0.379 e. The normalized spacial score (nSPS) is 14.6. The molecule has 0 radical (unpaired) electrons. The third kappa shape index (κ3) is 1.50. The highest BCUT2D eigenvalue weighted by atomic mass is 35.5. The molecule has 16 heavy (non-hydrogen) atoms. The van der Waals surface area contributed by atoms with Gasteiger partial charge in [-0.1, -0.05) is 29.8 Å². The van der Waals surface area contributed by atoms with Crippen LogP contribution in [0.1, 0.15) is 11.1 Å². The molecule has 0 bridgehead atoms. The van der Waals surface area contributed by atoms with Crippen molar-refractivity contribution in [3.05, 3.63) is 40.4 Å². The number of aliphatic carboxylic acids is 1. The molecule has 0 fully saturated rings. The molecule has 1 aromatic carbocycles. The Morgan fingerprint density at radius 1 is 1.44 bits per heavy atom. The minimum absolute atomic E-state index is 0.222. The predicted octanol–water partition coefficient (Wildman–Crippen LogP) is 3.00. The molecule has 0 atom stereocenters. The molecular weight excluding hydrogens is 238 g/mol. The van der Waals surface area contributed by atoms with Gasteiger partial charge < -0.3 is 5.11 Å². The zero-order chi connectivity index (χ0) is 11.9. The van der Waals surface area contributed by atoms with Gasteiger partial charge in [-0.15, -0.1) is 0 Å². The molecule has 0 unspecified atom stereocenters. The first-order valence-corrected chi connectivity index (χ1v) is 4.92. The summed E-state index contributed by atoms with van der Waals surface area (Å²) in [4.78, 5) is 10.5. The summed E-state index contributed by atoms with van der Waals surface area (Å²) in [6, 6.07) is 4.57. The third-order valence-electron chi connectivity index (χ3n) is 2.53. The molecule has 1 aliphatic rings. The first kappa shape index (κ1) is 11.1. The standard InChI is InChI=1S/C11H7ClF2O2/c12-9-3-1-2-6-7(9)4-5-8(6)11(13,14)10(15)16/h1-3,5H,4H2,(H,15,16). The van der Waals surface area contributed by atoms with Gasteiger partial charge in [-0.2, -0.15) is 8.78 Å². The van der Waals surface area contributed by atoms with Gasteiger partial charge in [0.1, 0.15) is 0 Å². The van der Waals surface area contributed by atoms with Crippen molar-refractivity contribution in [2.75, 3.05) is 0 Å². The summed E-state index contributed by atoms with van der Waals surface area (Å²) >= 11 is 5.84. The van der Waals surface area contributed by atoms with Crippen LogP contribution < -0.4 is 0 Å². The predicted molar refractivity (Wildman–Crippen MR) is 55.7 cm³/mol. The largest absolute Gasteiger partial charge is 0.477 e. The van der Waals surface area contributed by atoms with E-state index in [1.807, 2.05) is 0 Å². The first-order chi connectivity index (χ1) is 7.44. The second-order valence-corrected chi connectivity index (χ2v) is 3.87. The fourth-order valence-electron chi connectivity index (χ4n) is 1.75. The van der Waals surface area contributed by atoms with E-state index < -0.39 is 17.5 Å². The second kappa shape index (κ2) is 3.56. The lowest BCUT2D eigenvalue weighted by molar-refractivity contribution is -0.156. The van der Waals surface area contributed by atoms with Gasteiger partial charge in [0.15, 0.2) is 0 Å². The highest BCUT2D eigenvalue weighted by molar-refractivity contribution is 6.31. The number of rotatable bonds is 2. The van der Waals surface area contributed by atoms with E-state index in [-0.39, 0.29) is 12.0 Å². The van der Waals surface area contributed by atoms with Crippen LogP contribution in [0.3, 0.4) is 0 Å². The number of hydrogen-bond acceptors (Lipinski definition) is 1. The summed E-state index contributed by atoms with van der Waals surface area (Å²) in [5.74, 6) is -6.01. The molecule has 0 spiro atoms. The Morgan fingerprint density at radius 2 is 2.12 bits per heavy atom. The van der Waals surface area contributed by atoms with Gasteiger partial charge >= 0.3 is 11.9 Å². The maximum atomic E-state index is 13.4. The van der Waals surface area contributed by atoms with Crippen molar-refractivity contribution in [2.24, 2.45) is 0 Å². The lowest BCUT2D eigenvalue weighted by atomic mass is 10.0. The average molecular weight is 245 g/mol. The van der Waals surface area contributed by atoms with Crippen LogP contribution in [0.25, 0.3) is 5.57 Å². The topological polar surface area (TPSA) is 37.3 Å². The summed E-state index contributed by atoms with van der Waals surface area (Å²) in [5, 5.41) is 8.85. The first-order valence-electron chi connectivity index (χ1n) is 4.54. The number of carbonyl (C=O) groups is 1. The van der Waals surface area contributed by atoms with Crippen molar-refractivity contribution in [1.29, 1.82) is 0 Å². The van der Waals surface area contributed by atoms with Crippen LogP contribution in [0, 0.1) is 0 Å². The summed E-state index contributed by atoms with van der Waals surface area (Å²) in [5.41, 5.74) is 0.303. The Kier molecular flexibility index (Phi) is 2.46. The van der Waals surface area contributed by atoms with E-state index in [9.17, 15) is 13.6 Å². The minimum atomic E-state index is -3.87. The molecule has 0 saturated carbocycles. The van der Waals surface area contributed by atoms with Gasteiger partial charge in [-0.25, -0.2) is 4.79 Å². The van der Waals surface area contributed by atoms with E-state index in [4.69, 9.17) is 16.7 Å². The molecule has 0 heterocycles. The molecule has 1 N–H and O–H groups in total. The van der Waals surface area contributed by atoms with Crippen LogP contribution in [0.5, 0.6) is 0 Å². The van der Waals surface area contributed by atoms with E-state index in [1.165, 1.54) is 18.2 Å². The Hall–Kier alpha value is -1.42. The monoisotopic (exact) mass is 244 g/mol. The maximum absolute atomic E-state index is 13.4. The Morgan fingerprint density at radius 3 is 2.75 bits per heavy atom. The van der Waals surface area contributed by atoms with E-state index in [2.05, 4.69) is 0 Å². The molecule has 2 rings (SSSR count). The SMILES string of the molecule is O=C(O)C(F)(F)C1=CCc2c(Cl)cccc21. The minimum Gasteiger partial charge on any atom is -0.477 e. The van der Waals surface area contributed by atoms with Gasteiger partial charge in [-0.05, 0) is 23.6 Å². The van der Waals surface area contributed by atoms with Crippen molar-refractivity contribution < 1.29 is 18.7 Å². The number of hydrogen-bond donors (Lipinski definition) is 1. The molecule has 1 aromatic rings. The van der Waals surface area contributed by atoms with E-state index in [1.54, 1.807) is 6.07 Å². The van der Waals surface area contributed by atoms with E-state index in [0.717, 1.165) is 0 Å². The quantitative estimate of drug-likeness (QED) is 0.868. The number of fused-ring (bicyclic) bond motifs is 1. The lowest BCUT2D eigenvalue weighted by Gasteiger charge is -2.14. The zero-order valence-electron chi connectivity index (χ0n) is 8.01. The molecule has 5 heteroatoms. The molecule has 0 aliphatic heterocycles. The van der Waals surface area contributed by atoms with Crippen molar-refractivity contribution in [3.8, 4) is 0 Å². The number of carboxylic acids is 1. The summed E-state index contributed by atoms with van der Waals surface area (Å²) in [6.45, 7) is 0. The summed E-state index contributed by atoms with van der Waals surface area (Å²) in [6.07, 6.45) is 1.46. The van der Waals surface area contributed by atoms with E-state index >= 15 is 0 Å². The number of carboxylic acid groups (broad SMARTS) is 1. The van der Waals surface area contributed by atoms with Crippen molar-refractivity contribution in [3.63, 3.8) is 0 Å². The Bertz CT molecular complexity index is 495.